The summed E-state index contributed by atoms with van der Waals surface area (Å²) in [6.45, 7) is 3.96. The van der Waals surface area contributed by atoms with Crippen molar-refractivity contribution in [3.05, 3.63) is 53.6 Å². The summed E-state index contributed by atoms with van der Waals surface area (Å²) in [5, 5.41) is 0. The lowest BCUT2D eigenvalue weighted by Gasteiger charge is -2.16. The molecule has 1 fully saturated rings. The summed E-state index contributed by atoms with van der Waals surface area (Å²) in [6.07, 6.45) is 5.84. The average molecular weight is 271 g/mol. The van der Waals surface area contributed by atoms with Crippen LogP contribution in [0.1, 0.15) is 17.5 Å². The van der Waals surface area contributed by atoms with E-state index in [9.17, 15) is 4.39 Å². The third kappa shape index (κ3) is 2.95. The van der Waals surface area contributed by atoms with E-state index in [1.807, 2.05) is 31.5 Å². The number of aromatic nitrogens is 2. The van der Waals surface area contributed by atoms with E-state index < -0.39 is 0 Å². The molecule has 1 aromatic heterocycles. The Labute approximate surface area is 118 Å². The van der Waals surface area contributed by atoms with E-state index in [2.05, 4.69) is 14.9 Å². The zero-order valence-electron chi connectivity index (χ0n) is 11.6. The van der Waals surface area contributed by atoms with Gasteiger partial charge >= 0.3 is 0 Å². The number of hydrogen-bond donors (Lipinski definition) is 0. The van der Waals surface area contributed by atoms with Crippen molar-refractivity contribution < 1.29 is 4.39 Å². The molecule has 1 atom stereocenters. The molecule has 20 heavy (non-hydrogen) atoms. The van der Waals surface area contributed by atoms with Gasteiger partial charge in [-0.05, 0) is 48.9 Å². The SMILES string of the molecule is Cc1cnc(N2CCC(Cc3ccc(F)cc3)C2)nc1. The first kappa shape index (κ1) is 13.0. The molecule has 0 saturated carbocycles. The minimum atomic E-state index is -0.171. The standard InChI is InChI=1S/C16H18FN3/c1-12-9-18-16(19-10-12)20-7-6-14(11-20)8-13-2-4-15(17)5-3-13/h2-5,9-10,14H,6-8,11H2,1H3. The highest BCUT2D eigenvalue weighted by atomic mass is 19.1. The Balaban J connectivity index is 1.62. The Bertz CT molecular complexity index is 565. The number of nitrogens with zero attached hydrogens (tertiary/aromatic N) is 3. The second-order valence-electron chi connectivity index (χ2n) is 5.49. The highest BCUT2D eigenvalue weighted by Crippen LogP contribution is 2.23. The number of rotatable bonds is 3. The van der Waals surface area contributed by atoms with Gasteiger partial charge in [0, 0.05) is 25.5 Å². The second-order valence-corrected chi connectivity index (χ2v) is 5.49. The zero-order valence-corrected chi connectivity index (χ0v) is 11.6. The predicted molar refractivity (Wildman–Crippen MR) is 77.2 cm³/mol. The van der Waals surface area contributed by atoms with E-state index in [-0.39, 0.29) is 5.82 Å². The average Bonchev–Trinajstić information content (AvgIpc) is 2.91. The molecule has 4 heteroatoms. The second kappa shape index (κ2) is 5.57. The largest absolute Gasteiger partial charge is 0.341 e. The van der Waals surface area contributed by atoms with Gasteiger partial charge in [0.15, 0.2) is 0 Å². The molecule has 0 bridgehead atoms. The lowest BCUT2D eigenvalue weighted by Crippen LogP contribution is -2.22. The Morgan fingerprint density at radius 1 is 1.20 bits per heavy atom. The minimum Gasteiger partial charge on any atom is -0.341 e. The van der Waals surface area contributed by atoms with Crippen LogP contribution in [0, 0.1) is 18.7 Å². The number of aryl methyl sites for hydroxylation is 1. The molecule has 2 aromatic rings. The maximum Gasteiger partial charge on any atom is 0.225 e. The van der Waals surface area contributed by atoms with E-state index in [0.29, 0.717) is 5.92 Å². The van der Waals surface area contributed by atoms with Crippen molar-refractivity contribution in [2.24, 2.45) is 5.92 Å². The van der Waals surface area contributed by atoms with Gasteiger partial charge in [0.1, 0.15) is 5.82 Å². The fraction of sp³-hybridized carbons (Fsp3) is 0.375. The van der Waals surface area contributed by atoms with Crippen LogP contribution in [0.25, 0.3) is 0 Å². The molecule has 0 spiro atoms. The van der Waals surface area contributed by atoms with Crippen molar-refractivity contribution in [1.82, 2.24) is 9.97 Å². The topological polar surface area (TPSA) is 29.0 Å². The smallest absolute Gasteiger partial charge is 0.225 e. The maximum atomic E-state index is 12.9. The molecule has 1 aliphatic heterocycles. The minimum absolute atomic E-state index is 0.171. The van der Waals surface area contributed by atoms with Crippen molar-refractivity contribution >= 4 is 5.95 Å². The summed E-state index contributed by atoms with van der Waals surface area (Å²) in [4.78, 5) is 11.0. The van der Waals surface area contributed by atoms with E-state index in [0.717, 1.165) is 37.4 Å². The van der Waals surface area contributed by atoms with Crippen LogP contribution in [0.4, 0.5) is 10.3 Å². The van der Waals surface area contributed by atoms with Crippen LogP contribution in [0.2, 0.25) is 0 Å². The number of anilines is 1. The summed E-state index contributed by atoms with van der Waals surface area (Å²) in [5.41, 5.74) is 2.28. The van der Waals surface area contributed by atoms with E-state index in [4.69, 9.17) is 0 Å². The number of hydrogen-bond acceptors (Lipinski definition) is 3. The summed E-state index contributed by atoms with van der Waals surface area (Å²) >= 11 is 0. The van der Waals surface area contributed by atoms with Gasteiger partial charge < -0.3 is 4.90 Å². The quantitative estimate of drug-likeness (QED) is 0.859. The van der Waals surface area contributed by atoms with Crippen molar-refractivity contribution in [3.63, 3.8) is 0 Å². The first-order chi connectivity index (χ1) is 9.70. The Kier molecular flexibility index (Phi) is 3.63. The highest BCUT2D eigenvalue weighted by molar-refractivity contribution is 5.32. The lowest BCUT2D eigenvalue weighted by atomic mass is 9.99. The van der Waals surface area contributed by atoms with Gasteiger partial charge in [0.25, 0.3) is 0 Å². The van der Waals surface area contributed by atoms with Crippen LogP contribution < -0.4 is 4.90 Å². The van der Waals surface area contributed by atoms with E-state index in [1.54, 1.807) is 0 Å². The molecule has 0 radical (unpaired) electrons. The third-order valence-electron chi connectivity index (χ3n) is 3.77. The number of halogens is 1. The maximum absolute atomic E-state index is 12.9. The zero-order chi connectivity index (χ0) is 13.9. The van der Waals surface area contributed by atoms with Crippen LogP contribution in [0.5, 0.6) is 0 Å². The molecule has 0 amide bonds. The summed E-state index contributed by atoms with van der Waals surface area (Å²) < 4.78 is 12.9. The molecule has 1 aromatic carbocycles. The molecule has 0 aliphatic carbocycles. The molecule has 2 heterocycles. The van der Waals surface area contributed by atoms with Crippen LogP contribution in [0.3, 0.4) is 0 Å². The first-order valence-corrected chi connectivity index (χ1v) is 6.99. The first-order valence-electron chi connectivity index (χ1n) is 6.99. The van der Waals surface area contributed by atoms with E-state index >= 15 is 0 Å². The fourth-order valence-corrected chi connectivity index (χ4v) is 2.68. The van der Waals surface area contributed by atoms with Crippen LogP contribution in [-0.4, -0.2) is 23.1 Å². The van der Waals surface area contributed by atoms with Gasteiger partial charge in [0.05, 0.1) is 0 Å². The van der Waals surface area contributed by atoms with E-state index in [1.165, 1.54) is 17.7 Å². The van der Waals surface area contributed by atoms with Gasteiger partial charge in [-0.25, -0.2) is 14.4 Å². The normalized spacial score (nSPS) is 18.5. The fourth-order valence-electron chi connectivity index (χ4n) is 2.68. The van der Waals surface area contributed by atoms with Gasteiger partial charge in [-0.15, -0.1) is 0 Å². The highest BCUT2D eigenvalue weighted by Gasteiger charge is 2.24. The number of benzene rings is 1. The van der Waals surface area contributed by atoms with Crippen LogP contribution >= 0.6 is 0 Å². The van der Waals surface area contributed by atoms with Crippen molar-refractivity contribution in [3.8, 4) is 0 Å². The molecular formula is C16H18FN3. The molecule has 1 unspecified atom stereocenters. The van der Waals surface area contributed by atoms with Gasteiger partial charge in [-0.3, -0.25) is 0 Å². The molecular weight excluding hydrogens is 253 g/mol. The third-order valence-corrected chi connectivity index (χ3v) is 3.77. The molecule has 3 rings (SSSR count). The summed E-state index contributed by atoms with van der Waals surface area (Å²) in [5.74, 6) is 1.23. The predicted octanol–water partition coefficient (Wildman–Crippen LogP) is 2.99. The molecule has 104 valence electrons. The Morgan fingerprint density at radius 2 is 1.90 bits per heavy atom. The molecule has 3 nitrogen and oxygen atoms in total. The summed E-state index contributed by atoms with van der Waals surface area (Å²) in [6, 6.07) is 6.82. The molecule has 1 aliphatic rings. The van der Waals surface area contributed by atoms with Gasteiger partial charge in [0.2, 0.25) is 5.95 Å². The Hall–Kier alpha value is -1.97. The lowest BCUT2D eigenvalue weighted by molar-refractivity contribution is 0.582. The van der Waals surface area contributed by atoms with Gasteiger partial charge in [-0.2, -0.15) is 0 Å². The Morgan fingerprint density at radius 3 is 2.60 bits per heavy atom. The molecule has 1 saturated heterocycles. The van der Waals surface area contributed by atoms with Gasteiger partial charge in [-0.1, -0.05) is 12.1 Å². The van der Waals surface area contributed by atoms with Crippen LogP contribution in [0.15, 0.2) is 36.7 Å². The molecule has 0 N–H and O–H groups in total. The van der Waals surface area contributed by atoms with Crippen LogP contribution in [-0.2, 0) is 6.42 Å². The van der Waals surface area contributed by atoms with Crippen molar-refractivity contribution in [2.75, 3.05) is 18.0 Å². The summed E-state index contributed by atoms with van der Waals surface area (Å²) in [7, 11) is 0. The van der Waals surface area contributed by atoms with Crippen molar-refractivity contribution in [2.45, 2.75) is 19.8 Å². The monoisotopic (exact) mass is 271 g/mol. The van der Waals surface area contributed by atoms with Crippen molar-refractivity contribution in [1.29, 1.82) is 0 Å².